The highest BCUT2D eigenvalue weighted by atomic mass is 32.2. The number of amides is 1. The Labute approximate surface area is 193 Å². The maximum absolute atomic E-state index is 14.0. The Hall–Kier alpha value is -3.04. The second-order valence-electron chi connectivity index (χ2n) is 7.64. The summed E-state index contributed by atoms with van der Waals surface area (Å²) in [5.74, 6) is -4.16. The average molecular weight is 490 g/mol. The van der Waals surface area contributed by atoms with Crippen LogP contribution in [0.3, 0.4) is 0 Å². The van der Waals surface area contributed by atoms with Crippen LogP contribution in [0.2, 0.25) is 0 Å². The molecule has 0 radical (unpaired) electrons. The molecule has 0 spiro atoms. The Morgan fingerprint density at radius 1 is 0.970 bits per heavy atom. The Balaban J connectivity index is 1.65. The number of rotatable bonds is 4. The van der Waals surface area contributed by atoms with E-state index in [1.807, 2.05) is 32.0 Å². The van der Waals surface area contributed by atoms with Crippen LogP contribution in [0.15, 0.2) is 63.2 Å². The highest BCUT2D eigenvalue weighted by molar-refractivity contribution is 8.04. The van der Waals surface area contributed by atoms with Gasteiger partial charge in [-0.15, -0.1) is 0 Å². The van der Waals surface area contributed by atoms with Crippen LogP contribution in [0.1, 0.15) is 22.3 Å². The molecular weight excluding hydrogens is 471 g/mol. The molecule has 1 heterocycles. The van der Waals surface area contributed by atoms with Crippen molar-refractivity contribution >= 4 is 39.3 Å². The quantitative estimate of drug-likeness (QED) is 0.472. The number of halogens is 3. The Morgan fingerprint density at radius 2 is 1.61 bits per heavy atom. The molecule has 1 N–H and O–H groups in total. The fraction of sp³-hybridized carbons (Fsp3) is 0.125. The van der Waals surface area contributed by atoms with Crippen LogP contribution in [0.5, 0.6) is 0 Å². The van der Waals surface area contributed by atoms with Gasteiger partial charge in [-0.25, -0.2) is 21.6 Å². The normalized spacial score (nSPS) is 14.8. The predicted octanol–water partition coefficient (Wildman–Crippen LogP) is 5.78. The van der Waals surface area contributed by atoms with Crippen LogP contribution in [-0.4, -0.2) is 14.3 Å². The largest absolute Gasteiger partial charge is 0.320 e. The van der Waals surface area contributed by atoms with E-state index in [2.05, 4.69) is 5.32 Å². The van der Waals surface area contributed by atoms with Crippen molar-refractivity contribution in [1.29, 1.82) is 0 Å². The lowest BCUT2D eigenvalue weighted by molar-refractivity contribution is -0.112. The molecule has 1 aliphatic heterocycles. The van der Waals surface area contributed by atoms with E-state index in [4.69, 9.17) is 0 Å². The van der Waals surface area contributed by atoms with E-state index in [-0.39, 0.29) is 21.2 Å². The fourth-order valence-corrected chi connectivity index (χ4v) is 5.99. The van der Waals surface area contributed by atoms with Crippen LogP contribution in [0, 0.1) is 31.3 Å². The lowest BCUT2D eigenvalue weighted by atomic mass is 10.1. The molecule has 170 valence electrons. The van der Waals surface area contributed by atoms with E-state index in [0.717, 1.165) is 34.5 Å². The molecule has 1 aliphatic rings. The van der Waals surface area contributed by atoms with Gasteiger partial charge in [0, 0.05) is 22.6 Å². The molecule has 4 nitrogen and oxygen atoms in total. The maximum atomic E-state index is 14.0. The molecule has 33 heavy (non-hydrogen) atoms. The summed E-state index contributed by atoms with van der Waals surface area (Å²) < 4.78 is 67.2. The number of nitrogens with one attached hydrogen (secondary N) is 1. The molecule has 0 saturated carbocycles. The average Bonchev–Trinajstić information content (AvgIpc) is 2.73. The molecule has 9 heteroatoms. The molecule has 3 aromatic rings. The SMILES string of the molecule is Cc1cccc(C)c1CS(=O)(=O)c1ccc2c(c1)NC(=O)/C(=C\c1c(F)cc(F)cc1F)S2. The van der Waals surface area contributed by atoms with Crippen LogP contribution in [-0.2, 0) is 20.4 Å². The maximum Gasteiger partial charge on any atom is 0.262 e. The Kier molecular flexibility index (Phi) is 6.11. The Morgan fingerprint density at radius 3 is 2.24 bits per heavy atom. The molecule has 4 rings (SSSR count). The standard InChI is InChI=1S/C24H18F3NO3S2/c1-13-4-3-5-14(2)18(13)12-33(30,31)16-6-7-22-21(10-16)28-24(29)23(32-22)11-17-19(26)8-15(25)9-20(17)27/h3-11H,12H2,1-2H3,(H,28,29)/b23-11+. The van der Waals surface area contributed by atoms with Gasteiger partial charge in [0.2, 0.25) is 0 Å². The number of carbonyl (C=O) groups is 1. The molecule has 0 atom stereocenters. The van der Waals surface area contributed by atoms with E-state index in [1.165, 1.54) is 18.2 Å². The third-order valence-electron chi connectivity index (χ3n) is 5.30. The third kappa shape index (κ3) is 4.69. The minimum absolute atomic E-state index is 0.0157. The number of fused-ring (bicyclic) bond motifs is 1. The van der Waals surface area contributed by atoms with Gasteiger partial charge in [0.25, 0.3) is 5.91 Å². The summed E-state index contributed by atoms with van der Waals surface area (Å²) in [5.41, 5.74) is 2.21. The number of anilines is 1. The highest BCUT2D eigenvalue weighted by Crippen LogP contribution is 2.40. The number of benzene rings is 3. The lowest BCUT2D eigenvalue weighted by Crippen LogP contribution is -2.18. The van der Waals surface area contributed by atoms with Crippen molar-refractivity contribution in [3.63, 3.8) is 0 Å². The van der Waals surface area contributed by atoms with Gasteiger partial charge >= 0.3 is 0 Å². The van der Waals surface area contributed by atoms with Crippen LogP contribution >= 0.6 is 11.8 Å². The summed E-state index contributed by atoms with van der Waals surface area (Å²) in [6.45, 7) is 3.70. The third-order valence-corrected chi connectivity index (χ3v) is 8.04. The minimum atomic E-state index is -3.70. The summed E-state index contributed by atoms with van der Waals surface area (Å²) in [7, 11) is -3.70. The van der Waals surface area contributed by atoms with Crippen molar-refractivity contribution < 1.29 is 26.4 Å². The van der Waals surface area contributed by atoms with Gasteiger partial charge in [-0.1, -0.05) is 30.0 Å². The van der Waals surface area contributed by atoms with Crippen molar-refractivity contribution in [1.82, 2.24) is 0 Å². The molecule has 3 aromatic carbocycles. The second-order valence-corrected chi connectivity index (χ2v) is 10.7. The zero-order valence-corrected chi connectivity index (χ0v) is 19.2. The number of thioether (sulfide) groups is 1. The molecule has 0 saturated heterocycles. The zero-order valence-electron chi connectivity index (χ0n) is 17.6. The Bertz CT molecular complexity index is 1390. The molecule has 0 aliphatic carbocycles. The van der Waals surface area contributed by atoms with E-state index in [1.54, 1.807) is 0 Å². The number of carbonyl (C=O) groups excluding carboxylic acids is 1. The number of hydrogen-bond acceptors (Lipinski definition) is 4. The molecule has 0 unspecified atom stereocenters. The summed E-state index contributed by atoms with van der Waals surface area (Å²) in [6, 6.07) is 11.0. The van der Waals surface area contributed by atoms with Crippen molar-refractivity contribution in [3.8, 4) is 0 Å². The summed E-state index contributed by atoms with van der Waals surface area (Å²) in [5, 5.41) is 2.57. The topological polar surface area (TPSA) is 63.2 Å². The summed E-state index contributed by atoms with van der Waals surface area (Å²) in [6.07, 6.45) is 0.999. The van der Waals surface area contributed by atoms with Crippen molar-refractivity contribution in [2.75, 3.05) is 5.32 Å². The first-order valence-electron chi connectivity index (χ1n) is 9.82. The van der Waals surface area contributed by atoms with Gasteiger partial charge in [-0.05, 0) is 54.8 Å². The smallest absolute Gasteiger partial charge is 0.262 e. The van der Waals surface area contributed by atoms with E-state index in [0.29, 0.717) is 17.0 Å². The first-order chi connectivity index (χ1) is 15.5. The van der Waals surface area contributed by atoms with Crippen LogP contribution in [0.25, 0.3) is 6.08 Å². The first kappa shape index (κ1) is 23.1. The van der Waals surface area contributed by atoms with E-state index < -0.39 is 38.8 Å². The van der Waals surface area contributed by atoms with E-state index >= 15 is 0 Å². The lowest BCUT2D eigenvalue weighted by Gasteiger charge is -2.20. The number of aryl methyl sites for hydroxylation is 2. The molecule has 1 amide bonds. The number of hydrogen-bond donors (Lipinski definition) is 1. The molecule has 0 fully saturated rings. The molecular formula is C24H18F3NO3S2. The van der Waals surface area contributed by atoms with Gasteiger partial charge < -0.3 is 5.32 Å². The van der Waals surface area contributed by atoms with Crippen molar-refractivity contribution in [2.45, 2.75) is 29.4 Å². The first-order valence-corrected chi connectivity index (χ1v) is 12.3. The fourth-order valence-electron chi connectivity index (χ4n) is 3.51. The number of sulfone groups is 1. The van der Waals surface area contributed by atoms with Gasteiger partial charge in [0.1, 0.15) is 17.5 Å². The summed E-state index contributed by atoms with van der Waals surface area (Å²) in [4.78, 5) is 13.1. The van der Waals surface area contributed by atoms with Gasteiger partial charge in [-0.3, -0.25) is 4.79 Å². The van der Waals surface area contributed by atoms with Crippen LogP contribution in [0.4, 0.5) is 18.9 Å². The van der Waals surface area contributed by atoms with Gasteiger partial charge in [-0.2, -0.15) is 0 Å². The van der Waals surface area contributed by atoms with Gasteiger partial charge in [0.05, 0.1) is 21.2 Å². The minimum Gasteiger partial charge on any atom is -0.320 e. The zero-order chi connectivity index (χ0) is 23.9. The highest BCUT2D eigenvalue weighted by Gasteiger charge is 2.25. The monoisotopic (exact) mass is 489 g/mol. The van der Waals surface area contributed by atoms with Gasteiger partial charge in [0.15, 0.2) is 9.84 Å². The van der Waals surface area contributed by atoms with Crippen LogP contribution < -0.4 is 5.32 Å². The van der Waals surface area contributed by atoms with E-state index in [9.17, 15) is 26.4 Å². The van der Waals surface area contributed by atoms with Crippen molar-refractivity contribution in [2.24, 2.45) is 0 Å². The predicted molar refractivity (Wildman–Crippen MR) is 122 cm³/mol. The molecule has 0 bridgehead atoms. The van der Waals surface area contributed by atoms with Crippen molar-refractivity contribution in [3.05, 3.63) is 93.1 Å². The second kappa shape index (κ2) is 8.72. The molecule has 0 aromatic heterocycles. The summed E-state index contributed by atoms with van der Waals surface area (Å²) >= 11 is 0.937.